The predicted molar refractivity (Wildman–Crippen MR) is 110 cm³/mol. The van der Waals surface area contributed by atoms with E-state index in [1.807, 2.05) is 50.6 Å². The molecule has 0 unspecified atom stereocenters. The van der Waals surface area contributed by atoms with Crippen LogP contribution in [0.15, 0.2) is 28.9 Å². The average molecular weight is 396 g/mol. The lowest BCUT2D eigenvalue weighted by Crippen LogP contribution is -2.28. The van der Waals surface area contributed by atoms with Crippen molar-refractivity contribution in [2.24, 2.45) is 0 Å². The van der Waals surface area contributed by atoms with E-state index in [9.17, 15) is 4.79 Å². The number of rotatable bonds is 7. The summed E-state index contributed by atoms with van der Waals surface area (Å²) in [4.78, 5) is 14.7. The lowest BCUT2D eigenvalue weighted by atomic mass is 10.1. The van der Waals surface area contributed by atoms with Gasteiger partial charge in [0.1, 0.15) is 18.1 Å². The number of nitrogens with zero attached hydrogens (tertiary/aromatic N) is 4. The Hall–Kier alpha value is -3.09. The first-order chi connectivity index (χ1) is 13.8. The van der Waals surface area contributed by atoms with Crippen molar-refractivity contribution in [3.8, 4) is 5.75 Å². The van der Waals surface area contributed by atoms with Crippen molar-refractivity contribution in [1.29, 1.82) is 0 Å². The van der Waals surface area contributed by atoms with E-state index in [0.717, 1.165) is 34.7 Å². The zero-order chi connectivity index (χ0) is 21.1. The van der Waals surface area contributed by atoms with Crippen LogP contribution in [0.3, 0.4) is 0 Å². The molecule has 0 atom stereocenters. The average Bonchev–Trinajstić information content (AvgIpc) is 3.24. The van der Waals surface area contributed by atoms with Crippen molar-refractivity contribution >= 4 is 5.91 Å². The third-order valence-electron chi connectivity index (χ3n) is 5.37. The highest BCUT2D eigenvalue weighted by Gasteiger charge is 2.24. The molecule has 0 fully saturated rings. The summed E-state index contributed by atoms with van der Waals surface area (Å²) in [5.74, 6) is 1.17. The fraction of sp³-hybridized carbons (Fsp3) is 0.409. The smallest absolute Gasteiger partial charge is 0.276 e. The van der Waals surface area contributed by atoms with E-state index in [0.29, 0.717) is 17.9 Å². The molecular formula is C22H28N4O3. The second-order valence-electron chi connectivity index (χ2n) is 7.28. The number of amides is 1. The van der Waals surface area contributed by atoms with Crippen LogP contribution >= 0.6 is 0 Å². The molecule has 7 heteroatoms. The van der Waals surface area contributed by atoms with Gasteiger partial charge in [-0.2, -0.15) is 5.10 Å². The summed E-state index contributed by atoms with van der Waals surface area (Å²) in [5, 5.41) is 8.35. The maximum atomic E-state index is 13.0. The van der Waals surface area contributed by atoms with Gasteiger partial charge in [0.25, 0.3) is 5.91 Å². The molecule has 3 aromatic rings. The van der Waals surface area contributed by atoms with Gasteiger partial charge in [0.15, 0.2) is 5.69 Å². The number of hydrogen-bond acceptors (Lipinski definition) is 5. The van der Waals surface area contributed by atoms with Crippen LogP contribution in [0.4, 0.5) is 0 Å². The third-order valence-corrected chi connectivity index (χ3v) is 5.37. The largest absolute Gasteiger partial charge is 0.488 e. The normalized spacial score (nSPS) is 11.0. The highest BCUT2D eigenvalue weighted by atomic mass is 16.5. The third kappa shape index (κ3) is 4.18. The van der Waals surface area contributed by atoms with E-state index in [4.69, 9.17) is 9.26 Å². The Labute approximate surface area is 171 Å². The van der Waals surface area contributed by atoms with E-state index in [1.165, 1.54) is 0 Å². The van der Waals surface area contributed by atoms with Gasteiger partial charge >= 0.3 is 0 Å². The fourth-order valence-electron chi connectivity index (χ4n) is 3.23. The summed E-state index contributed by atoms with van der Waals surface area (Å²) in [7, 11) is 1.75. The highest BCUT2D eigenvalue weighted by Crippen LogP contribution is 2.24. The van der Waals surface area contributed by atoms with E-state index in [2.05, 4.69) is 10.3 Å². The van der Waals surface area contributed by atoms with Gasteiger partial charge in [-0.05, 0) is 51.8 Å². The topological polar surface area (TPSA) is 73.4 Å². The second kappa shape index (κ2) is 8.51. The van der Waals surface area contributed by atoms with Gasteiger partial charge in [-0.25, -0.2) is 0 Å². The van der Waals surface area contributed by atoms with Crippen LogP contribution < -0.4 is 4.74 Å². The second-order valence-corrected chi connectivity index (χ2v) is 7.28. The quantitative estimate of drug-likeness (QED) is 0.604. The van der Waals surface area contributed by atoms with Crippen LogP contribution in [-0.2, 0) is 19.7 Å². The molecule has 0 aliphatic carbocycles. The van der Waals surface area contributed by atoms with Gasteiger partial charge in [0.2, 0.25) is 0 Å². The fourth-order valence-corrected chi connectivity index (χ4v) is 3.23. The summed E-state index contributed by atoms with van der Waals surface area (Å²) in [6.45, 7) is 11.4. The van der Waals surface area contributed by atoms with Crippen LogP contribution in [0.2, 0.25) is 0 Å². The number of aromatic nitrogens is 3. The molecule has 0 spiro atoms. The highest BCUT2D eigenvalue weighted by molar-refractivity contribution is 5.93. The van der Waals surface area contributed by atoms with Gasteiger partial charge in [-0.15, -0.1) is 0 Å². The molecule has 2 aromatic heterocycles. The molecule has 1 aromatic carbocycles. The summed E-state index contributed by atoms with van der Waals surface area (Å²) in [6, 6.07) is 5.92. The molecule has 2 heterocycles. The van der Waals surface area contributed by atoms with Crippen molar-refractivity contribution in [2.75, 3.05) is 7.05 Å². The monoisotopic (exact) mass is 396 g/mol. The van der Waals surface area contributed by atoms with Crippen LogP contribution in [0.5, 0.6) is 5.75 Å². The number of benzene rings is 1. The Kier molecular flexibility index (Phi) is 6.06. The van der Waals surface area contributed by atoms with Gasteiger partial charge < -0.3 is 14.2 Å². The Balaban J connectivity index is 1.76. The van der Waals surface area contributed by atoms with Crippen LogP contribution in [0, 0.1) is 27.7 Å². The van der Waals surface area contributed by atoms with Gasteiger partial charge in [-0.1, -0.05) is 17.3 Å². The first kappa shape index (κ1) is 20.6. The van der Waals surface area contributed by atoms with Gasteiger partial charge in [-0.3, -0.25) is 9.48 Å². The molecule has 154 valence electrons. The minimum absolute atomic E-state index is 0.204. The molecular weight excluding hydrogens is 368 g/mol. The molecule has 0 saturated carbocycles. The molecule has 7 nitrogen and oxygen atoms in total. The SMILES string of the molecule is CCn1ncc(CN(C)C(=O)c2noc(C)c2COc2cccc(C)c2C)c1C. The Morgan fingerprint density at radius 2 is 2.00 bits per heavy atom. The zero-order valence-electron chi connectivity index (χ0n) is 17.9. The van der Waals surface area contributed by atoms with E-state index < -0.39 is 0 Å². The van der Waals surface area contributed by atoms with E-state index >= 15 is 0 Å². The summed E-state index contributed by atoms with van der Waals surface area (Å²) >= 11 is 0. The standard InChI is InChI=1S/C22H28N4O3/c1-7-26-16(4)18(11-23-26)12-25(6)22(27)21-19(17(5)29-24-21)13-28-20-10-8-9-14(2)15(20)3/h8-11H,7,12-13H2,1-6H3. The van der Waals surface area contributed by atoms with Gasteiger partial charge in [0.05, 0.1) is 11.8 Å². The van der Waals surface area contributed by atoms with Crippen molar-refractivity contribution in [2.45, 2.75) is 54.3 Å². The Bertz CT molecular complexity index is 1020. The molecule has 0 N–H and O–H groups in total. The first-order valence-corrected chi connectivity index (χ1v) is 9.74. The molecule has 0 bridgehead atoms. The summed E-state index contributed by atoms with van der Waals surface area (Å²) < 4.78 is 13.2. The zero-order valence-corrected chi connectivity index (χ0v) is 17.9. The van der Waals surface area contributed by atoms with Crippen molar-refractivity contribution in [1.82, 2.24) is 19.8 Å². The maximum absolute atomic E-state index is 13.0. The molecule has 1 amide bonds. The van der Waals surface area contributed by atoms with Crippen molar-refractivity contribution < 1.29 is 14.1 Å². The number of hydrogen-bond donors (Lipinski definition) is 0. The lowest BCUT2D eigenvalue weighted by Gasteiger charge is -2.17. The lowest BCUT2D eigenvalue weighted by molar-refractivity contribution is 0.0772. The van der Waals surface area contributed by atoms with Crippen molar-refractivity contribution in [3.63, 3.8) is 0 Å². The van der Waals surface area contributed by atoms with E-state index in [1.54, 1.807) is 25.1 Å². The first-order valence-electron chi connectivity index (χ1n) is 9.74. The van der Waals surface area contributed by atoms with Gasteiger partial charge in [0, 0.05) is 31.4 Å². The number of aryl methyl sites for hydroxylation is 3. The molecule has 0 saturated heterocycles. The molecule has 0 aliphatic heterocycles. The minimum atomic E-state index is -0.204. The molecule has 0 aliphatic rings. The Morgan fingerprint density at radius 3 is 2.69 bits per heavy atom. The van der Waals surface area contributed by atoms with E-state index in [-0.39, 0.29) is 18.2 Å². The summed E-state index contributed by atoms with van der Waals surface area (Å²) in [5.41, 5.74) is 5.26. The molecule has 3 rings (SSSR count). The van der Waals surface area contributed by atoms with Crippen LogP contribution in [0.1, 0.15) is 51.1 Å². The Morgan fingerprint density at radius 1 is 1.24 bits per heavy atom. The number of carbonyl (C=O) groups is 1. The molecule has 29 heavy (non-hydrogen) atoms. The maximum Gasteiger partial charge on any atom is 0.276 e. The van der Waals surface area contributed by atoms with Crippen LogP contribution in [0.25, 0.3) is 0 Å². The number of carbonyl (C=O) groups excluding carboxylic acids is 1. The predicted octanol–water partition coefficient (Wildman–Crippen LogP) is 3.98. The van der Waals surface area contributed by atoms with Crippen molar-refractivity contribution in [3.05, 3.63) is 63.8 Å². The minimum Gasteiger partial charge on any atom is -0.488 e. The molecule has 0 radical (unpaired) electrons. The van der Waals surface area contributed by atoms with Crippen LogP contribution in [-0.4, -0.2) is 32.8 Å². The number of ether oxygens (including phenoxy) is 1. The summed E-state index contributed by atoms with van der Waals surface area (Å²) in [6.07, 6.45) is 1.81.